The molecule has 3 rings (SSSR count). The predicted molar refractivity (Wildman–Crippen MR) is 202 cm³/mol. The minimum atomic E-state index is -0.556. The van der Waals surface area contributed by atoms with E-state index in [0.717, 1.165) is 40.6 Å². The molecule has 1 N–H and O–H groups in total. The number of para-hydroxylation sites is 1. The van der Waals surface area contributed by atoms with Gasteiger partial charge in [0.2, 0.25) is 0 Å². The van der Waals surface area contributed by atoms with Gasteiger partial charge in [-0.1, -0.05) is 98.4 Å². The molecule has 0 fully saturated rings. The summed E-state index contributed by atoms with van der Waals surface area (Å²) < 4.78 is 29.8. The maximum Gasteiger partial charge on any atom is 0.162 e. The van der Waals surface area contributed by atoms with Crippen LogP contribution in [0.5, 0.6) is 5.75 Å². The molecule has 0 amide bonds. The number of aliphatic hydroxyl groups excluding tert-OH is 1. The van der Waals surface area contributed by atoms with Crippen LogP contribution in [0, 0.1) is 10.8 Å². The van der Waals surface area contributed by atoms with Crippen molar-refractivity contribution >= 4 is 23.4 Å². The normalized spacial score (nSPS) is 20.4. The summed E-state index contributed by atoms with van der Waals surface area (Å²) in [5.74, 6) is 3.27. The number of benzene rings is 1. The van der Waals surface area contributed by atoms with Crippen LogP contribution < -0.4 is 4.52 Å². The number of hydrogen-bond acceptors (Lipinski definition) is 6. The lowest BCUT2D eigenvalue weighted by Crippen LogP contribution is -2.38. The molecular formula is C39H58O6P2. The highest BCUT2D eigenvalue weighted by molar-refractivity contribution is 7.34. The van der Waals surface area contributed by atoms with Gasteiger partial charge in [0.15, 0.2) is 5.34 Å². The summed E-state index contributed by atoms with van der Waals surface area (Å²) in [5.41, 5.74) is 2.27. The lowest BCUT2D eigenvalue weighted by Gasteiger charge is -2.41. The molecule has 6 nitrogen and oxygen atoms in total. The number of allylic oxidation sites excluding steroid dienone is 6. The summed E-state index contributed by atoms with van der Waals surface area (Å²) in [7, 11) is 3.80. The van der Waals surface area contributed by atoms with Gasteiger partial charge in [-0.15, -0.1) is 0 Å². The van der Waals surface area contributed by atoms with Crippen molar-refractivity contribution in [1.29, 1.82) is 0 Å². The van der Waals surface area contributed by atoms with E-state index in [2.05, 4.69) is 75.0 Å². The third-order valence-corrected chi connectivity index (χ3v) is 10.2. The maximum absolute atomic E-state index is 9.75. The average Bonchev–Trinajstić information content (AvgIpc) is 3.02. The summed E-state index contributed by atoms with van der Waals surface area (Å²) in [4.78, 5) is 0. The van der Waals surface area contributed by atoms with E-state index >= 15 is 0 Å². The van der Waals surface area contributed by atoms with Crippen molar-refractivity contribution in [2.45, 2.75) is 98.4 Å². The van der Waals surface area contributed by atoms with Gasteiger partial charge in [0, 0.05) is 18.2 Å². The topological polar surface area (TPSA) is 66.4 Å². The van der Waals surface area contributed by atoms with Crippen LogP contribution in [-0.2, 0) is 18.7 Å². The van der Waals surface area contributed by atoms with Crippen molar-refractivity contribution in [1.82, 2.24) is 0 Å². The molecule has 0 aromatic heterocycles. The molecule has 0 bridgehead atoms. The second-order valence-corrected chi connectivity index (χ2v) is 17.0. The van der Waals surface area contributed by atoms with Gasteiger partial charge in [-0.05, 0) is 73.3 Å². The van der Waals surface area contributed by atoms with Gasteiger partial charge in [0.05, 0.1) is 33.7 Å². The molecule has 0 heterocycles. The van der Waals surface area contributed by atoms with Crippen molar-refractivity contribution in [3.63, 3.8) is 0 Å². The predicted octanol–water partition coefficient (Wildman–Crippen LogP) is 10.7. The second kappa shape index (κ2) is 18.8. The van der Waals surface area contributed by atoms with Crippen LogP contribution in [0.4, 0.5) is 0 Å². The molecule has 0 saturated carbocycles. The zero-order valence-electron chi connectivity index (χ0n) is 30.3. The van der Waals surface area contributed by atoms with Gasteiger partial charge in [-0.2, -0.15) is 0 Å². The number of rotatable bonds is 13. The Morgan fingerprint density at radius 1 is 0.979 bits per heavy atom. The Kier molecular flexibility index (Phi) is 16.2. The quantitative estimate of drug-likeness (QED) is 0.127. The molecule has 8 heteroatoms. The van der Waals surface area contributed by atoms with Gasteiger partial charge < -0.3 is 28.4 Å². The van der Waals surface area contributed by atoms with Crippen LogP contribution in [-0.4, -0.2) is 42.5 Å². The molecule has 0 aliphatic heterocycles. The molecule has 0 saturated heterocycles. The van der Waals surface area contributed by atoms with Gasteiger partial charge >= 0.3 is 0 Å². The highest BCUT2D eigenvalue weighted by Gasteiger charge is 2.42. The number of ether oxygens (including phenoxy) is 3. The SMILES string of the molecule is C=C/C=C\C=C(/OPC(C)(OC1=CCC(OC)C=C1)C(C)(C)C)c1ccccc1OPC(C)C.COC1=CCC(O)C(C(C)(C)C)=C1. The van der Waals surface area contributed by atoms with Crippen LogP contribution >= 0.6 is 17.6 Å². The van der Waals surface area contributed by atoms with E-state index in [0.29, 0.717) is 20.9 Å². The van der Waals surface area contributed by atoms with E-state index in [1.54, 1.807) is 20.3 Å². The molecule has 2 aliphatic carbocycles. The van der Waals surface area contributed by atoms with E-state index in [1.165, 1.54) is 0 Å². The highest BCUT2D eigenvalue weighted by atomic mass is 31.1. The molecular weight excluding hydrogens is 626 g/mol. The van der Waals surface area contributed by atoms with Crippen LogP contribution in [0.25, 0.3) is 5.76 Å². The molecule has 5 unspecified atom stereocenters. The second-order valence-electron chi connectivity index (χ2n) is 14.0. The van der Waals surface area contributed by atoms with Gasteiger partial charge in [-0.3, -0.25) is 0 Å². The van der Waals surface area contributed by atoms with Crippen LogP contribution in [0.2, 0.25) is 0 Å². The third kappa shape index (κ3) is 13.1. The molecule has 0 radical (unpaired) electrons. The average molecular weight is 685 g/mol. The fourth-order valence-corrected chi connectivity index (χ4v) is 5.90. The monoisotopic (exact) mass is 684 g/mol. The summed E-state index contributed by atoms with van der Waals surface area (Å²) in [5, 5.41) is 9.19. The Balaban J connectivity index is 0.000000492. The minimum Gasteiger partial charge on any atom is -0.497 e. The number of hydrogen-bond donors (Lipinski definition) is 1. The van der Waals surface area contributed by atoms with Crippen molar-refractivity contribution in [3.8, 4) is 5.75 Å². The minimum absolute atomic E-state index is 0.0114. The Hall–Kier alpha value is -2.62. The van der Waals surface area contributed by atoms with Gasteiger partial charge in [0.25, 0.3) is 0 Å². The van der Waals surface area contributed by atoms with E-state index in [1.807, 2.05) is 66.8 Å². The largest absolute Gasteiger partial charge is 0.497 e. The Morgan fingerprint density at radius 2 is 1.66 bits per heavy atom. The molecule has 5 atom stereocenters. The first kappa shape index (κ1) is 40.6. The zero-order chi connectivity index (χ0) is 35.3. The Labute approximate surface area is 288 Å². The Bertz CT molecular complexity index is 1340. The first-order valence-corrected chi connectivity index (χ1v) is 18.1. The number of methoxy groups -OCH3 is 2. The summed E-state index contributed by atoms with van der Waals surface area (Å²) in [6.07, 6.45) is 18.7. The standard InChI is InChI=1S/C28H40O4P2.C11H18O2/c1-9-10-11-15-26(24-14-12-13-16-25(24)31-33-21(2)3)32-34-28(7,27(4,5)6)30-23-19-17-22(29-8)18-20-23;1-11(2,3)9-7-8(13-4)5-6-10(9)12/h9-17,19-22,33-34H,1,18H2,2-8H3;5,7,10,12H,6H2,1-4H3/b11-10-,26-15-;. The molecule has 1 aromatic carbocycles. The van der Waals surface area contributed by atoms with Crippen LogP contribution in [0.3, 0.4) is 0 Å². The van der Waals surface area contributed by atoms with Gasteiger partial charge in [-0.25, -0.2) is 0 Å². The van der Waals surface area contributed by atoms with Crippen molar-refractivity contribution < 1.29 is 28.4 Å². The van der Waals surface area contributed by atoms with E-state index in [9.17, 15) is 5.11 Å². The van der Waals surface area contributed by atoms with E-state index in [4.69, 9.17) is 23.3 Å². The lowest BCUT2D eigenvalue weighted by atomic mass is 9.80. The number of aliphatic hydroxyl groups is 1. The zero-order valence-corrected chi connectivity index (χ0v) is 32.3. The molecule has 0 spiro atoms. The van der Waals surface area contributed by atoms with Crippen molar-refractivity contribution in [2.75, 3.05) is 14.2 Å². The highest BCUT2D eigenvalue weighted by Crippen LogP contribution is 2.51. The summed E-state index contributed by atoms with van der Waals surface area (Å²) in [6, 6.07) is 8.01. The molecule has 1 aromatic rings. The smallest absolute Gasteiger partial charge is 0.162 e. The van der Waals surface area contributed by atoms with Crippen LogP contribution in [0.15, 0.2) is 103 Å². The van der Waals surface area contributed by atoms with Gasteiger partial charge in [0.1, 0.15) is 31.8 Å². The third-order valence-electron chi connectivity index (χ3n) is 7.79. The first-order valence-electron chi connectivity index (χ1n) is 16.2. The van der Waals surface area contributed by atoms with Crippen molar-refractivity contribution in [2.24, 2.45) is 10.8 Å². The van der Waals surface area contributed by atoms with Crippen LogP contribution in [0.1, 0.15) is 80.7 Å². The molecule has 260 valence electrons. The lowest BCUT2D eigenvalue weighted by molar-refractivity contribution is 0.00554. The summed E-state index contributed by atoms with van der Waals surface area (Å²) >= 11 is 0. The Morgan fingerprint density at radius 3 is 2.21 bits per heavy atom. The summed E-state index contributed by atoms with van der Waals surface area (Å²) in [6.45, 7) is 23.0. The fraction of sp³-hybridized carbons (Fsp3) is 0.487. The maximum atomic E-state index is 9.75. The fourth-order valence-electron chi connectivity index (χ4n) is 4.41. The first-order chi connectivity index (χ1) is 22.0. The van der Waals surface area contributed by atoms with E-state index in [-0.39, 0.29) is 31.8 Å². The van der Waals surface area contributed by atoms with E-state index < -0.39 is 5.34 Å². The molecule has 47 heavy (non-hydrogen) atoms. The van der Waals surface area contributed by atoms with Crippen molar-refractivity contribution in [3.05, 3.63) is 108 Å². The molecule has 2 aliphatic rings.